The van der Waals surface area contributed by atoms with Crippen LogP contribution in [-0.4, -0.2) is 10.0 Å². The number of hydrogen-bond donors (Lipinski definition) is 1. The Balaban J connectivity index is 3.36. The van der Waals surface area contributed by atoms with Gasteiger partial charge in [-0.2, -0.15) is 4.73 Å². The first-order valence-corrected chi connectivity index (χ1v) is 3.10. The van der Waals surface area contributed by atoms with E-state index in [4.69, 9.17) is 5.11 Å². The Morgan fingerprint density at radius 1 is 1.67 bits per heavy atom. The molecule has 0 unspecified atom stereocenters. The third kappa shape index (κ3) is 1.14. The van der Waals surface area contributed by atoms with Gasteiger partial charge in [-0.3, -0.25) is 10.1 Å². The van der Waals surface area contributed by atoms with Crippen molar-refractivity contribution < 1.29 is 14.8 Å². The highest BCUT2D eigenvalue weighted by Crippen LogP contribution is 2.25. The molecule has 0 aliphatic heterocycles. The second-order valence-corrected chi connectivity index (χ2v) is 2.22. The maximum Gasteiger partial charge on any atom is 0.323 e. The molecule has 0 radical (unpaired) electrons. The van der Waals surface area contributed by atoms with Crippen LogP contribution in [0, 0.1) is 22.2 Å². The highest BCUT2D eigenvalue weighted by Gasteiger charge is 2.20. The highest BCUT2D eigenvalue weighted by atomic mass is 16.6. The summed E-state index contributed by atoms with van der Waals surface area (Å²) in [6, 6.07) is 0.954. The lowest BCUT2D eigenvalue weighted by Gasteiger charge is -2.01. The summed E-state index contributed by atoms with van der Waals surface area (Å²) in [6.07, 6.45) is 0.979. The van der Waals surface area contributed by atoms with Gasteiger partial charge in [0.15, 0.2) is 6.20 Å². The van der Waals surface area contributed by atoms with Gasteiger partial charge in [0.1, 0.15) is 0 Å². The second kappa shape index (κ2) is 2.65. The number of hydrogen-bond acceptors (Lipinski definition) is 4. The van der Waals surface area contributed by atoms with Crippen molar-refractivity contribution in [3.63, 3.8) is 0 Å². The van der Waals surface area contributed by atoms with Crippen LogP contribution in [0.1, 0.15) is 5.69 Å². The van der Waals surface area contributed by atoms with Gasteiger partial charge in [0, 0.05) is 6.92 Å². The first-order chi connectivity index (χ1) is 5.54. The Kier molecular flexibility index (Phi) is 1.82. The third-order valence-corrected chi connectivity index (χ3v) is 1.48. The van der Waals surface area contributed by atoms with E-state index in [9.17, 15) is 15.3 Å². The van der Waals surface area contributed by atoms with Crippen molar-refractivity contribution in [2.75, 3.05) is 0 Å². The zero-order valence-corrected chi connectivity index (χ0v) is 6.22. The molecule has 0 atom stereocenters. The van der Waals surface area contributed by atoms with Crippen LogP contribution in [0.2, 0.25) is 0 Å². The third-order valence-electron chi connectivity index (χ3n) is 1.48. The van der Waals surface area contributed by atoms with E-state index in [1.54, 1.807) is 0 Å². The average Bonchev–Trinajstić information content (AvgIpc) is 2.00. The number of nitrogens with zero attached hydrogens (tertiary/aromatic N) is 2. The molecule has 0 aliphatic rings. The molecular formula is C6H6N2O4. The van der Waals surface area contributed by atoms with E-state index < -0.39 is 16.4 Å². The van der Waals surface area contributed by atoms with E-state index in [2.05, 4.69) is 0 Å². The Bertz CT molecular complexity index is 337. The summed E-state index contributed by atoms with van der Waals surface area (Å²) in [5, 5.41) is 30.1. The molecule has 1 aromatic heterocycles. The Morgan fingerprint density at radius 3 is 2.75 bits per heavy atom. The van der Waals surface area contributed by atoms with Crippen molar-refractivity contribution in [2.45, 2.75) is 6.92 Å². The van der Waals surface area contributed by atoms with Crippen molar-refractivity contribution in [1.82, 2.24) is 0 Å². The minimum absolute atomic E-state index is 0.0794. The van der Waals surface area contributed by atoms with E-state index in [0.717, 1.165) is 12.3 Å². The second-order valence-electron chi connectivity index (χ2n) is 2.22. The fraction of sp³-hybridized carbons (Fsp3) is 0.167. The van der Waals surface area contributed by atoms with Gasteiger partial charge in [0.25, 0.3) is 5.75 Å². The van der Waals surface area contributed by atoms with Crippen LogP contribution >= 0.6 is 0 Å². The molecule has 0 aromatic carbocycles. The molecule has 1 aromatic rings. The number of rotatable bonds is 1. The van der Waals surface area contributed by atoms with Crippen LogP contribution in [0.25, 0.3) is 0 Å². The van der Waals surface area contributed by atoms with Crippen molar-refractivity contribution in [1.29, 1.82) is 0 Å². The molecule has 0 spiro atoms. The monoisotopic (exact) mass is 170 g/mol. The zero-order chi connectivity index (χ0) is 9.30. The van der Waals surface area contributed by atoms with Gasteiger partial charge < -0.3 is 10.3 Å². The number of aromatic nitrogens is 1. The minimum Gasteiger partial charge on any atom is -0.618 e. The molecule has 0 amide bonds. The Morgan fingerprint density at radius 2 is 2.25 bits per heavy atom. The van der Waals surface area contributed by atoms with Crippen LogP contribution in [0.15, 0.2) is 12.3 Å². The molecule has 0 fully saturated rings. The van der Waals surface area contributed by atoms with E-state index in [1.165, 1.54) is 6.92 Å². The first-order valence-electron chi connectivity index (χ1n) is 3.10. The topological polar surface area (TPSA) is 90.3 Å². The van der Waals surface area contributed by atoms with E-state index >= 15 is 0 Å². The average molecular weight is 170 g/mol. The standard InChI is InChI=1S/C6H6N2O4/c1-4-6(9)5(8(11)12)2-3-7(4)10/h2-3,9H,1H3. The summed E-state index contributed by atoms with van der Waals surface area (Å²) in [5.74, 6) is -0.586. The smallest absolute Gasteiger partial charge is 0.323 e. The fourth-order valence-electron chi connectivity index (χ4n) is 0.766. The van der Waals surface area contributed by atoms with Crippen LogP contribution in [0.5, 0.6) is 5.75 Å². The molecule has 1 rings (SSSR count). The van der Waals surface area contributed by atoms with Crippen LogP contribution in [0.3, 0.4) is 0 Å². The molecule has 0 saturated heterocycles. The molecule has 1 N–H and O–H groups in total. The van der Waals surface area contributed by atoms with Crippen LogP contribution in [0.4, 0.5) is 5.69 Å². The minimum atomic E-state index is -0.748. The van der Waals surface area contributed by atoms with Gasteiger partial charge in [-0.1, -0.05) is 0 Å². The first kappa shape index (κ1) is 8.25. The summed E-state index contributed by atoms with van der Waals surface area (Å²) in [7, 11) is 0. The number of pyridine rings is 1. The lowest BCUT2D eigenvalue weighted by atomic mass is 10.3. The Labute approximate surface area is 67.4 Å². The summed E-state index contributed by atoms with van der Waals surface area (Å²) >= 11 is 0. The van der Waals surface area contributed by atoms with Gasteiger partial charge in [-0.05, 0) is 0 Å². The van der Waals surface area contributed by atoms with E-state index in [0.29, 0.717) is 4.73 Å². The molecule has 0 bridgehead atoms. The largest absolute Gasteiger partial charge is 0.618 e. The molecule has 0 saturated carbocycles. The summed E-state index contributed by atoms with van der Waals surface area (Å²) in [5.41, 5.74) is -0.538. The van der Waals surface area contributed by atoms with Gasteiger partial charge >= 0.3 is 5.69 Å². The van der Waals surface area contributed by atoms with Gasteiger partial charge in [-0.25, -0.2) is 0 Å². The number of aromatic hydroxyl groups is 1. The number of nitro groups is 1. The summed E-state index contributed by atoms with van der Waals surface area (Å²) < 4.78 is 0.363. The van der Waals surface area contributed by atoms with Crippen molar-refractivity contribution >= 4 is 5.69 Å². The Hall–Kier alpha value is -1.85. The van der Waals surface area contributed by atoms with Crippen molar-refractivity contribution in [3.8, 4) is 5.75 Å². The summed E-state index contributed by atoms with van der Waals surface area (Å²) in [6.45, 7) is 1.30. The lowest BCUT2D eigenvalue weighted by Crippen LogP contribution is -2.29. The van der Waals surface area contributed by atoms with Crippen molar-refractivity contribution in [2.24, 2.45) is 0 Å². The van der Waals surface area contributed by atoms with Gasteiger partial charge in [-0.15, -0.1) is 0 Å². The highest BCUT2D eigenvalue weighted by molar-refractivity contribution is 5.44. The van der Waals surface area contributed by atoms with Crippen LogP contribution in [-0.2, 0) is 0 Å². The summed E-state index contributed by atoms with van der Waals surface area (Å²) in [4.78, 5) is 9.47. The van der Waals surface area contributed by atoms with Gasteiger partial charge in [0.2, 0.25) is 5.69 Å². The quantitative estimate of drug-likeness (QED) is 0.283. The lowest BCUT2D eigenvalue weighted by molar-refractivity contribution is -0.613. The SMILES string of the molecule is Cc1c(O)c([N+](=O)[O-])cc[n+]1[O-]. The normalized spacial score (nSPS) is 9.75. The molecule has 0 aliphatic carbocycles. The van der Waals surface area contributed by atoms with Gasteiger partial charge in [0.05, 0.1) is 11.0 Å². The van der Waals surface area contributed by atoms with Crippen LogP contribution < -0.4 is 4.73 Å². The molecule has 12 heavy (non-hydrogen) atoms. The predicted octanol–water partition coefficient (Wildman–Crippen LogP) is 0.242. The molecule has 6 nitrogen and oxygen atoms in total. The molecular weight excluding hydrogens is 164 g/mol. The van der Waals surface area contributed by atoms with E-state index in [1.807, 2.05) is 0 Å². The molecule has 6 heteroatoms. The fourth-order valence-corrected chi connectivity index (χ4v) is 0.766. The maximum atomic E-state index is 10.7. The van der Waals surface area contributed by atoms with Crippen molar-refractivity contribution in [3.05, 3.63) is 33.3 Å². The molecule has 64 valence electrons. The maximum absolute atomic E-state index is 10.7. The van der Waals surface area contributed by atoms with E-state index in [-0.39, 0.29) is 5.69 Å². The molecule has 1 heterocycles. The predicted molar refractivity (Wildman–Crippen MR) is 38.5 cm³/mol. The zero-order valence-electron chi connectivity index (χ0n) is 6.22.